The van der Waals surface area contributed by atoms with Crippen molar-refractivity contribution < 1.29 is 13.2 Å². The molecule has 1 saturated carbocycles. The van der Waals surface area contributed by atoms with Gasteiger partial charge in [0, 0.05) is 12.2 Å². The second-order valence-corrected chi connectivity index (χ2v) is 9.45. The van der Waals surface area contributed by atoms with Crippen LogP contribution < -0.4 is 10.0 Å². The molecule has 1 aliphatic rings. The number of hydrogen-bond acceptors (Lipinski definition) is 3. The van der Waals surface area contributed by atoms with Gasteiger partial charge in [-0.1, -0.05) is 51.0 Å². The molecule has 0 radical (unpaired) electrons. The van der Waals surface area contributed by atoms with Crippen molar-refractivity contribution >= 4 is 21.6 Å². The molecule has 0 spiro atoms. The number of nitrogens with one attached hydrogen (secondary N) is 2. The molecular weight excluding hydrogens is 384 g/mol. The van der Waals surface area contributed by atoms with Crippen LogP contribution in [0.1, 0.15) is 57.1 Å². The van der Waals surface area contributed by atoms with Crippen molar-refractivity contribution in [2.45, 2.75) is 62.7 Å². The third kappa shape index (κ3) is 4.99. The normalized spacial score (nSPS) is 15.0. The number of carbonyl (C=O) groups excluding carboxylic acids is 1. The second kappa shape index (κ2) is 8.99. The summed E-state index contributed by atoms with van der Waals surface area (Å²) in [6, 6.07) is 14.2. The molecule has 1 amide bonds. The Morgan fingerprint density at radius 1 is 0.966 bits per heavy atom. The maximum Gasteiger partial charge on any atom is 0.261 e. The van der Waals surface area contributed by atoms with Crippen molar-refractivity contribution in [3.63, 3.8) is 0 Å². The van der Waals surface area contributed by atoms with Gasteiger partial charge in [-0.3, -0.25) is 9.52 Å². The summed E-state index contributed by atoms with van der Waals surface area (Å²) in [6.07, 6.45) is 5.64. The highest BCUT2D eigenvalue weighted by Crippen LogP contribution is 2.48. The quantitative estimate of drug-likeness (QED) is 0.566. The molecule has 3 rings (SSSR count). The maximum absolute atomic E-state index is 12.6. The van der Waals surface area contributed by atoms with E-state index in [0.717, 1.165) is 49.7 Å². The summed E-state index contributed by atoms with van der Waals surface area (Å²) in [5, 5.41) is 3.02. The van der Waals surface area contributed by atoms with Crippen molar-refractivity contribution in [2.75, 3.05) is 11.3 Å². The molecule has 6 heteroatoms. The summed E-state index contributed by atoms with van der Waals surface area (Å²) in [4.78, 5) is 12.8. The van der Waals surface area contributed by atoms with E-state index in [0.29, 0.717) is 12.2 Å². The van der Waals surface area contributed by atoms with E-state index in [1.165, 1.54) is 0 Å². The van der Waals surface area contributed by atoms with Gasteiger partial charge in [0.2, 0.25) is 5.91 Å². The van der Waals surface area contributed by atoms with E-state index in [-0.39, 0.29) is 10.8 Å². The minimum atomic E-state index is -3.64. The van der Waals surface area contributed by atoms with E-state index in [1.807, 2.05) is 24.3 Å². The van der Waals surface area contributed by atoms with Gasteiger partial charge in [0.1, 0.15) is 0 Å². The Morgan fingerprint density at radius 3 is 2.17 bits per heavy atom. The first kappa shape index (κ1) is 21.4. The van der Waals surface area contributed by atoms with E-state index < -0.39 is 15.4 Å². The molecule has 0 atom stereocenters. The molecule has 156 valence electrons. The number of unbranched alkanes of at least 4 members (excludes halogenated alkanes) is 1. The second-order valence-electron chi connectivity index (χ2n) is 7.77. The van der Waals surface area contributed by atoms with Crippen LogP contribution in [0.3, 0.4) is 0 Å². The molecule has 1 aliphatic carbocycles. The lowest BCUT2D eigenvalue weighted by Crippen LogP contribution is -2.35. The lowest BCUT2D eigenvalue weighted by atomic mass is 9.94. The SMILES string of the molecule is CCCCNC(=O)C1(c2ccc(NS(=O)(=O)c3ccc(CCC)cc3)cc2)CC1. The van der Waals surface area contributed by atoms with Crippen molar-refractivity contribution in [3.8, 4) is 0 Å². The van der Waals surface area contributed by atoms with Crippen molar-refractivity contribution in [2.24, 2.45) is 0 Å². The standard InChI is InChI=1S/C23H30N2O3S/c1-3-5-17-24-22(26)23(15-16-23)19-9-11-20(12-10-19)25-29(27,28)21-13-7-18(6-4-2)8-14-21/h7-14,25H,3-6,15-17H2,1-2H3,(H,24,26). The smallest absolute Gasteiger partial charge is 0.261 e. The zero-order valence-corrected chi connectivity index (χ0v) is 18.0. The molecule has 2 aromatic carbocycles. The topological polar surface area (TPSA) is 75.3 Å². The van der Waals surface area contributed by atoms with Crippen LogP contribution in [0.2, 0.25) is 0 Å². The van der Waals surface area contributed by atoms with Crippen LogP contribution >= 0.6 is 0 Å². The van der Waals surface area contributed by atoms with Gasteiger partial charge in [0.15, 0.2) is 0 Å². The first-order valence-electron chi connectivity index (χ1n) is 10.4. The van der Waals surface area contributed by atoms with Gasteiger partial charge >= 0.3 is 0 Å². The fourth-order valence-corrected chi connectivity index (χ4v) is 4.57. The number of benzene rings is 2. The zero-order chi connectivity index (χ0) is 20.9. The average Bonchev–Trinajstić information content (AvgIpc) is 3.51. The summed E-state index contributed by atoms with van der Waals surface area (Å²) < 4.78 is 27.9. The molecule has 29 heavy (non-hydrogen) atoms. The summed E-state index contributed by atoms with van der Waals surface area (Å²) >= 11 is 0. The molecule has 2 N–H and O–H groups in total. The molecule has 0 unspecified atom stereocenters. The average molecular weight is 415 g/mol. The van der Waals surface area contributed by atoms with Crippen LogP contribution in [0.5, 0.6) is 0 Å². The van der Waals surface area contributed by atoms with Gasteiger partial charge in [-0.25, -0.2) is 8.42 Å². The third-order valence-corrected chi connectivity index (χ3v) is 6.86. The number of carbonyl (C=O) groups is 1. The minimum absolute atomic E-state index is 0.0754. The van der Waals surface area contributed by atoms with Gasteiger partial charge < -0.3 is 5.32 Å². The molecule has 1 fully saturated rings. The van der Waals surface area contributed by atoms with Crippen LogP contribution in [0.25, 0.3) is 0 Å². The summed E-state index contributed by atoms with van der Waals surface area (Å²) in [5.41, 5.74) is 2.12. The van der Waals surface area contributed by atoms with Crippen LogP contribution in [0.4, 0.5) is 5.69 Å². The largest absolute Gasteiger partial charge is 0.355 e. The van der Waals surface area contributed by atoms with Crippen molar-refractivity contribution in [1.29, 1.82) is 0 Å². The van der Waals surface area contributed by atoms with Gasteiger partial charge in [-0.05, 0) is 61.1 Å². The Kier molecular flexibility index (Phi) is 6.63. The molecule has 0 aliphatic heterocycles. The molecule has 5 nitrogen and oxygen atoms in total. The van der Waals surface area contributed by atoms with Gasteiger partial charge in [0.25, 0.3) is 10.0 Å². The lowest BCUT2D eigenvalue weighted by Gasteiger charge is -2.16. The monoisotopic (exact) mass is 414 g/mol. The summed E-state index contributed by atoms with van der Waals surface area (Å²) in [6.45, 7) is 4.89. The first-order chi connectivity index (χ1) is 13.9. The predicted octanol–water partition coefficient (Wildman–Crippen LogP) is 4.39. The van der Waals surface area contributed by atoms with Crippen LogP contribution in [0, 0.1) is 0 Å². The van der Waals surface area contributed by atoms with Crippen molar-refractivity contribution in [1.82, 2.24) is 5.32 Å². The highest BCUT2D eigenvalue weighted by molar-refractivity contribution is 7.92. The van der Waals surface area contributed by atoms with Gasteiger partial charge in [0.05, 0.1) is 10.3 Å². The molecule has 0 saturated heterocycles. The number of aryl methyl sites for hydroxylation is 1. The van der Waals surface area contributed by atoms with Crippen LogP contribution in [0.15, 0.2) is 53.4 Å². The molecular formula is C23H30N2O3S. The Labute approximate surface area is 174 Å². The number of sulfonamides is 1. The van der Waals surface area contributed by atoms with E-state index in [1.54, 1.807) is 24.3 Å². The third-order valence-electron chi connectivity index (χ3n) is 5.46. The number of rotatable bonds is 10. The number of hydrogen-bond donors (Lipinski definition) is 2. The fraction of sp³-hybridized carbons (Fsp3) is 0.435. The van der Waals surface area contributed by atoms with E-state index in [4.69, 9.17) is 0 Å². The molecule has 0 aromatic heterocycles. The van der Waals surface area contributed by atoms with E-state index >= 15 is 0 Å². The summed E-state index contributed by atoms with van der Waals surface area (Å²) in [5.74, 6) is 0.0754. The minimum Gasteiger partial charge on any atom is -0.355 e. The van der Waals surface area contributed by atoms with Crippen molar-refractivity contribution in [3.05, 3.63) is 59.7 Å². The van der Waals surface area contributed by atoms with Crippen LogP contribution in [-0.2, 0) is 26.7 Å². The lowest BCUT2D eigenvalue weighted by molar-refractivity contribution is -0.123. The maximum atomic E-state index is 12.6. The Bertz CT molecular complexity index is 931. The number of amides is 1. The summed E-state index contributed by atoms with van der Waals surface area (Å²) in [7, 11) is -3.64. The first-order valence-corrected chi connectivity index (χ1v) is 11.9. The molecule has 0 heterocycles. The Hall–Kier alpha value is -2.34. The van der Waals surface area contributed by atoms with Gasteiger partial charge in [-0.2, -0.15) is 0 Å². The highest BCUT2D eigenvalue weighted by atomic mass is 32.2. The fourth-order valence-electron chi connectivity index (χ4n) is 3.52. The predicted molar refractivity (Wildman–Crippen MR) is 117 cm³/mol. The zero-order valence-electron chi connectivity index (χ0n) is 17.2. The van der Waals surface area contributed by atoms with E-state index in [9.17, 15) is 13.2 Å². The Balaban J connectivity index is 1.68. The highest BCUT2D eigenvalue weighted by Gasteiger charge is 2.50. The van der Waals surface area contributed by atoms with E-state index in [2.05, 4.69) is 23.9 Å². The molecule has 0 bridgehead atoms. The molecule has 2 aromatic rings. The number of anilines is 1. The van der Waals surface area contributed by atoms with Crippen LogP contribution in [-0.4, -0.2) is 20.9 Å². The van der Waals surface area contributed by atoms with Gasteiger partial charge in [-0.15, -0.1) is 0 Å². The Morgan fingerprint density at radius 2 is 1.62 bits per heavy atom.